The zero-order valence-corrected chi connectivity index (χ0v) is 10.0. The molecule has 1 aliphatic rings. The molecule has 1 N–H and O–H groups in total. The third-order valence-electron chi connectivity index (χ3n) is 3.73. The summed E-state index contributed by atoms with van der Waals surface area (Å²) in [5, 5.41) is 17.0. The highest BCUT2D eigenvalue weighted by molar-refractivity contribution is 5.92. The average molecular weight is 245 g/mol. The van der Waals surface area contributed by atoms with Crippen LogP contribution in [-0.2, 0) is 6.54 Å². The standard InChI is InChI=1S/C13H15N3O2/c17-13(18)10-4-5-12-11(8-10)14-15-16(12)7-6-9-2-1-3-9/h4-5,8-9H,1-3,6-7H2,(H,17,18). The second-order valence-electron chi connectivity index (χ2n) is 4.91. The molecule has 0 spiro atoms. The van der Waals surface area contributed by atoms with Crippen LogP contribution in [0.3, 0.4) is 0 Å². The number of hydrogen-bond donors (Lipinski definition) is 1. The predicted molar refractivity (Wildman–Crippen MR) is 66.4 cm³/mol. The molecule has 1 heterocycles. The van der Waals surface area contributed by atoms with Crippen LogP contribution in [0.5, 0.6) is 0 Å². The van der Waals surface area contributed by atoms with Gasteiger partial charge in [-0.1, -0.05) is 24.5 Å². The highest BCUT2D eigenvalue weighted by atomic mass is 16.4. The van der Waals surface area contributed by atoms with Gasteiger partial charge in [0.25, 0.3) is 0 Å². The number of carboxylic acids is 1. The SMILES string of the molecule is O=C(O)c1ccc2c(c1)nnn2CCC1CCC1. The quantitative estimate of drug-likeness (QED) is 0.897. The van der Waals surface area contributed by atoms with Gasteiger partial charge in [-0.15, -0.1) is 5.10 Å². The molecule has 0 atom stereocenters. The van der Waals surface area contributed by atoms with Crippen molar-refractivity contribution in [1.29, 1.82) is 0 Å². The first-order valence-electron chi connectivity index (χ1n) is 6.30. The smallest absolute Gasteiger partial charge is 0.335 e. The Morgan fingerprint density at radius 3 is 2.94 bits per heavy atom. The van der Waals surface area contributed by atoms with Crippen LogP contribution in [0.4, 0.5) is 0 Å². The monoisotopic (exact) mass is 245 g/mol. The fourth-order valence-electron chi connectivity index (χ4n) is 2.36. The first-order valence-corrected chi connectivity index (χ1v) is 6.30. The summed E-state index contributed by atoms with van der Waals surface area (Å²) in [6.45, 7) is 0.869. The zero-order chi connectivity index (χ0) is 12.5. The molecular formula is C13H15N3O2. The van der Waals surface area contributed by atoms with Crippen molar-refractivity contribution in [3.05, 3.63) is 23.8 Å². The molecule has 2 aromatic rings. The van der Waals surface area contributed by atoms with Gasteiger partial charge in [-0.25, -0.2) is 9.48 Å². The van der Waals surface area contributed by atoms with Gasteiger partial charge in [0.2, 0.25) is 0 Å². The molecule has 1 aliphatic carbocycles. The number of carboxylic acid groups (broad SMARTS) is 1. The molecule has 0 saturated heterocycles. The summed E-state index contributed by atoms with van der Waals surface area (Å²) in [6, 6.07) is 4.97. The summed E-state index contributed by atoms with van der Waals surface area (Å²) < 4.78 is 1.87. The van der Waals surface area contributed by atoms with E-state index in [0.29, 0.717) is 5.52 Å². The number of carbonyl (C=O) groups is 1. The summed E-state index contributed by atoms with van der Waals surface area (Å²) in [5.74, 6) is -0.0940. The van der Waals surface area contributed by atoms with Gasteiger partial charge in [-0.2, -0.15) is 0 Å². The van der Waals surface area contributed by atoms with E-state index in [1.54, 1.807) is 18.2 Å². The Hall–Kier alpha value is -1.91. The van der Waals surface area contributed by atoms with Crippen molar-refractivity contribution in [1.82, 2.24) is 15.0 Å². The maximum Gasteiger partial charge on any atom is 0.335 e. The Labute approximate surface area is 104 Å². The van der Waals surface area contributed by atoms with Crippen LogP contribution < -0.4 is 0 Å². The predicted octanol–water partition coefficient (Wildman–Crippen LogP) is 2.32. The molecule has 5 heteroatoms. The van der Waals surface area contributed by atoms with E-state index in [-0.39, 0.29) is 5.56 Å². The lowest BCUT2D eigenvalue weighted by Gasteiger charge is -2.24. The van der Waals surface area contributed by atoms with Gasteiger partial charge in [-0.05, 0) is 30.5 Å². The summed E-state index contributed by atoms with van der Waals surface area (Å²) in [4.78, 5) is 10.9. The lowest BCUT2D eigenvalue weighted by molar-refractivity contribution is 0.0697. The number of hydrogen-bond acceptors (Lipinski definition) is 3. The van der Waals surface area contributed by atoms with Gasteiger partial charge in [0.05, 0.1) is 11.1 Å². The molecule has 1 aromatic heterocycles. The Kier molecular flexibility index (Phi) is 2.74. The molecule has 18 heavy (non-hydrogen) atoms. The van der Waals surface area contributed by atoms with Crippen molar-refractivity contribution in [3.8, 4) is 0 Å². The van der Waals surface area contributed by atoms with Crippen molar-refractivity contribution in [2.45, 2.75) is 32.2 Å². The van der Waals surface area contributed by atoms with Crippen LogP contribution in [0.25, 0.3) is 11.0 Å². The van der Waals surface area contributed by atoms with Crippen LogP contribution in [0.15, 0.2) is 18.2 Å². The Morgan fingerprint density at radius 2 is 2.28 bits per heavy atom. The second-order valence-corrected chi connectivity index (χ2v) is 4.91. The zero-order valence-electron chi connectivity index (χ0n) is 10.0. The van der Waals surface area contributed by atoms with E-state index in [9.17, 15) is 4.79 Å². The number of fused-ring (bicyclic) bond motifs is 1. The van der Waals surface area contributed by atoms with E-state index in [1.165, 1.54) is 19.3 Å². The van der Waals surface area contributed by atoms with Crippen LogP contribution in [0.2, 0.25) is 0 Å². The first-order chi connectivity index (χ1) is 8.74. The van der Waals surface area contributed by atoms with Gasteiger partial charge < -0.3 is 5.11 Å². The molecule has 1 aromatic carbocycles. The molecule has 3 rings (SSSR count). The number of nitrogens with zero attached hydrogens (tertiary/aromatic N) is 3. The van der Waals surface area contributed by atoms with Crippen molar-refractivity contribution in [2.75, 3.05) is 0 Å². The normalized spacial score (nSPS) is 15.8. The molecule has 0 radical (unpaired) electrons. The van der Waals surface area contributed by atoms with E-state index in [1.807, 2.05) is 4.68 Å². The summed E-state index contributed by atoms with van der Waals surface area (Å²) in [5.41, 5.74) is 1.83. The first kappa shape index (κ1) is 11.2. The van der Waals surface area contributed by atoms with Gasteiger partial charge in [-0.3, -0.25) is 0 Å². The Morgan fingerprint density at radius 1 is 1.44 bits per heavy atom. The van der Waals surface area contributed by atoms with Gasteiger partial charge in [0.1, 0.15) is 5.52 Å². The molecule has 0 bridgehead atoms. The molecule has 0 aliphatic heterocycles. The van der Waals surface area contributed by atoms with E-state index in [2.05, 4.69) is 10.3 Å². The topological polar surface area (TPSA) is 68.0 Å². The fraction of sp³-hybridized carbons (Fsp3) is 0.462. The summed E-state index contributed by atoms with van der Waals surface area (Å²) in [6.07, 6.45) is 5.15. The minimum absolute atomic E-state index is 0.258. The molecule has 0 amide bonds. The third kappa shape index (κ3) is 1.96. The minimum atomic E-state index is -0.930. The Bertz CT molecular complexity index is 587. The van der Waals surface area contributed by atoms with E-state index in [0.717, 1.165) is 24.4 Å². The molecule has 0 unspecified atom stereocenters. The van der Waals surface area contributed by atoms with Crippen molar-refractivity contribution in [2.24, 2.45) is 5.92 Å². The molecule has 1 fully saturated rings. The summed E-state index contributed by atoms with van der Waals surface area (Å²) in [7, 11) is 0. The molecule has 1 saturated carbocycles. The number of aryl methyl sites for hydroxylation is 1. The highest BCUT2D eigenvalue weighted by Crippen LogP contribution is 2.30. The average Bonchev–Trinajstić information content (AvgIpc) is 2.69. The van der Waals surface area contributed by atoms with Crippen LogP contribution >= 0.6 is 0 Å². The molecule has 5 nitrogen and oxygen atoms in total. The van der Waals surface area contributed by atoms with Gasteiger partial charge in [0.15, 0.2) is 0 Å². The van der Waals surface area contributed by atoms with E-state index >= 15 is 0 Å². The van der Waals surface area contributed by atoms with Crippen molar-refractivity contribution >= 4 is 17.0 Å². The number of rotatable bonds is 4. The van der Waals surface area contributed by atoms with Gasteiger partial charge in [0, 0.05) is 6.54 Å². The van der Waals surface area contributed by atoms with Crippen molar-refractivity contribution in [3.63, 3.8) is 0 Å². The molecule has 94 valence electrons. The van der Waals surface area contributed by atoms with Crippen LogP contribution in [0.1, 0.15) is 36.0 Å². The fourth-order valence-corrected chi connectivity index (χ4v) is 2.36. The number of benzene rings is 1. The molecular weight excluding hydrogens is 230 g/mol. The van der Waals surface area contributed by atoms with Gasteiger partial charge >= 0.3 is 5.97 Å². The third-order valence-corrected chi connectivity index (χ3v) is 3.73. The van der Waals surface area contributed by atoms with Crippen LogP contribution in [0, 0.1) is 5.92 Å². The number of aromatic nitrogens is 3. The minimum Gasteiger partial charge on any atom is -0.478 e. The lowest BCUT2D eigenvalue weighted by Crippen LogP contribution is -2.14. The highest BCUT2D eigenvalue weighted by Gasteiger charge is 2.17. The largest absolute Gasteiger partial charge is 0.478 e. The van der Waals surface area contributed by atoms with Crippen molar-refractivity contribution < 1.29 is 9.90 Å². The van der Waals surface area contributed by atoms with E-state index in [4.69, 9.17) is 5.11 Å². The lowest BCUT2D eigenvalue weighted by atomic mass is 9.83. The maximum absolute atomic E-state index is 10.9. The number of aromatic carboxylic acids is 1. The van der Waals surface area contributed by atoms with E-state index < -0.39 is 5.97 Å². The van der Waals surface area contributed by atoms with Crippen LogP contribution in [-0.4, -0.2) is 26.1 Å². The maximum atomic E-state index is 10.9. The Balaban J connectivity index is 1.82. The second kappa shape index (κ2) is 4.40. The summed E-state index contributed by atoms with van der Waals surface area (Å²) >= 11 is 0.